The molecule has 0 fully saturated rings. The minimum atomic E-state index is 0.771. The molecule has 0 aromatic heterocycles. The lowest BCUT2D eigenvalue weighted by Crippen LogP contribution is -2.06. The predicted molar refractivity (Wildman–Crippen MR) is 63.7 cm³/mol. The highest BCUT2D eigenvalue weighted by molar-refractivity contribution is 14.1. The maximum absolute atomic E-state index is 2.45. The molecule has 0 spiro atoms. The minimum Gasteiger partial charge on any atom is -0.0860 e. The highest BCUT2D eigenvalue weighted by Crippen LogP contribution is 2.30. The largest absolute Gasteiger partial charge is 0.0860 e. The van der Waals surface area contributed by atoms with Crippen molar-refractivity contribution in [3.05, 3.63) is 22.8 Å². The molecule has 0 N–H and O–H groups in total. The van der Waals surface area contributed by atoms with E-state index in [0.717, 1.165) is 5.92 Å². The van der Waals surface area contributed by atoms with Crippen LogP contribution in [0.4, 0.5) is 0 Å². The fraction of sp³-hybridized carbons (Fsp3) is 0.636. The number of rotatable bonds is 2. The summed E-state index contributed by atoms with van der Waals surface area (Å²) in [5, 5.41) is 0. The van der Waals surface area contributed by atoms with Crippen molar-refractivity contribution in [2.45, 2.75) is 33.6 Å². The second-order valence-corrected chi connectivity index (χ2v) is 4.82. The van der Waals surface area contributed by atoms with E-state index in [1.54, 1.807) is 16.7 Å². The van der Waals surface area contributed by atoms with E-state index in [4.69, 9.17) is 0 Å². The summed E-state index contributed by atoms with van der Waals surface area (Å²) in [6.45, 7) is 6.87. The van der Waals surface area contributed by atoms with E-state index in [2.05, 4.69) is 49.4 Å². The molecule has 1 aliphatic rings. The van der Waals surface area contributed by atoms with Crippen LogP contribution in [0.15, 0.2) is 22.8 Å². The van der Waals surface area contributed by atoms with Gasteiger partial charge in [-0.1, -0.05) is 46.7 Å². The molecule has 1 aliphatic carbocycles. The van der Waals surface area contributed by atoms with E-state index in [9.17, 15) is 0 Å². The number of hydrogen-bond donors (Lipinski definition) is 0. The van der Waals surface area contributed by atoms with Crippen molar-refractivity contribution in [2.75, 3.05) is 4.43 Å². The molecule has 1 rings (SSSR count). The van der Waals surface area contributed by atoms with Crippen molar-refractivity contribution >= 4 is 22.6 Å². The van der Waals surface area contributed by atoms with E-state index in [1.165, 1.54) is 17.3 Å². The fourth-order valence-electron chi connectivity index (χ4n) is 1.79. The molecule has 0 nitrogen and oxygen atoms in total. The number of allylic oxidation sites excluding steroid dienone is 4. The number of hydrogen-bond acceptors (Lipinski definition) is 0. The monoisotopic (exact) mass is 276 g/mol. The van der Waals surface area contributed by atoms with Gasteiger partial charge in [-0.05, 0) is 38.2 Å². The average Bonchev–Trinajstić information content (AvgIpc) is 2.00. The molecule has 0 bridgehead atoms. The summed E-state index contributed by atoms with van der Waals surface area (Å²) in [5.41, 5.74) is 4.74. The van der Waals surface area contributed by atoms with Gasteiger partial charge < -0.3 is 0 Å². The third kappa shape index (κ3) is 2.35. The Balaban J connectivity index is 2.84. The number of alkyl halides is 1. The Morgan fingerprint density at radius 1 is 1.50 bits per heavy atom. The van der Waals surface area contributed by atoms with Crippen LogP contribution in [0, 0.1) is 5.92 Å². The van der Waals surface area contributed by atoms with Gasteiger partial charge in [-0.15, -0.1) is 0 Å². The molecule has 0 aromatic carbocycles. The van der Waals surface area contributed by atoms with E-state index in [0.29, 0.717) is 0 Å². The van der Waals surface area contributed by atoms with Crippen LogP contribution in [-0.2, 0) is 0 Å². The summed E-state index contributed by atoms with van der Waals surface area (Å²) in [7, 11) is 0. The second kappa shape index (κ2) is 4.45. The highest BCUT2D eigenvalue weighted by Gasteiger charge is 2.13. The van der Waals surface area contributed by atoms with Gasteiger partial charge in [0.2, 0.25) is 0 Å². The summed E-state index contributed by atoms with van der Waals surface area (Å²) in [4.78, 5) is 0. The first-order valence-electron chi connectivity index (χ1n) is 4.58. The lowest BCUT2D eigenvalue weighted by Gasteiger charge is -2.21. The Morgan fingerprint density at radius 3 is 2.75 bits per heavy atom. The molecule has 0 saturated carbocycles. The normalized spacial score (nSPS) is 24.3. The van der Waals surface area contributed by atoms with Gasteiger partial charge in [0.1, 0.15) is 0 Å². The Labute approximate surface area is 89.3 Å². The van der Waals surface area contributed by atoms with Crippen LogP contribution >= 0.6 is 22.6 Å². The van der Waals surface area contributed by atoms with Gasteiger partial charge in [0.15, 0.2) is 0 Å². The molecule has 0 saturated heterocycles. The third-order valence-corrected chi connectivity index (χ3v) is 3.20. The lowest BCUT2D eigenvalue weighted by atomic mass is 9.85. The Kier molecular flexibility index (Phi) is 3.81. The lowest BCUT2D eigenvalue weighted by molar-refractivity contribution is 0.649. The van der Waals surface area contributed by atoms with Crippen LogP contribution in [0.1, 0.15) is 33.6 Å². The molecule has 1 heteroatoms. The smallest absolute Gasteiger partial charge is 0.00358 e. The van der Waals surface area contributed by atoms with Gasteiger partial charge >= 0.3 is 0 Å². The maximum Gasteiger partial charge on any atom is 0.00358 e. The first-order valence-corrected chi connectivity index (χ1v) is 6.10. The Hall–Kier alpha value is 0.210. The fourth-order valence-corrected chi connectivity index (χ4v) is 2.37. The van der Waals surface area contributed by atoms with Gasteiger partial charge in [0.05, 0.1) is 0 Å². The standard InChI is InChI=1S/C11H17I/c1-8-6-9(2)10(3)11(7-8)4-5-12/h7,9H,4-6H2,1-3H3. The second-order valence-electron chi connectivity index (χ2n) is 3.74. The molecule has 1 unspecified atom stereocenters. The van der Waals surface area contributed by atoms with Gasteiger partial charge in [0, 0.05) is 4.43 Å². The SMILES string of the molecule is CC1=CC(CCI)=C(C)C(C)C1. The predicted octanol–water partition coefficient (Wildman–Crippen LogP) is 4.11. The van der Waals surface area contributed by atoms with E-state index >= 15 is 0 Å². The number of halogens is 1. The topological polar surface area (TPSA) is 0 Å². The van der Waals surface area contributed by atoms with Gasteiger partial charge in [-0.2, -0.15) is 0 Å². The van der Waals surface area contributed by atoms with Crippen molar-refractivity contribution < 1.29 is 0 Å². The third-order valence-electron chi connectivity index (χ3n) is 2.66. The molecular formula is C11H17I. The first-order chi connectivity index (χ1) is 5.65. The molecule has 1 atom stereocenters. The van der Waals surface area contributed by atoms with Crippen LogP contribution < -0.4 is 0 Å². The summed E-state index contributed by atoms with van der Waals surface area (Å²) in [6.07, 6.45) is 4.89. The molecule has 68 valence electrons. The first kappa shape index (κ1) is 10.3. The van der Waals surface area contributed by atoms with E-state index in [1.807, 2.05) is 0 Å². The molecule has 12 heavy (non-hydrogen) atoms. The van der Waals surface area contributed by atoms with E-state index < -0.39 is 0 Å². The van der Waals surface area contributed by atoms with Crippen molar-refractivity contribution in [3.63, 3.8) is 0 Å². The Morgan fingerprint density at radius 2 is 2.17 bits per heavy atom. The van der Waals surface area contributed by atoms with Crippen molar-refractivity contribution in [2.24, 2.45) is 5.92 Å². The molecule has 0 aromatic rings. The molecule has 0 radical (unpaired) electrons. The molecular weight excluding hydrogens is 259 g/mol. The zero-order chi connectivity index (χ0) is 9.14. The van der Waals surface area contributed by atoms with Gasteiger partial charge in [0.25, 0.3) is 0 Å². The zero-order valence-corrected chi connectivity index (χ0v) is 10.3. The summed E-state index contributed by atoms with van der Waals surface area (Å²) >= 11 is 2.45. The minimum absolute atomic E-state index is 0.771. The van der Waals surface area contributed by atoms with Crippen LogP contribution in [0.3, 0.4) is 0 Å². The van der Waals surface area contributed by atoms with Crippen molar-refractivity contribution in [3.8, 4) is 0 Å². The quantitative estimate of drug-likeness (QED) is 0.526. The molecule has 0 aliphatic heterocycles. The maximum atomic E-state index is 2.45. The zero-order valence-electron chi connectivity index (χ0n) is 8.15. The van der Waals surface area contributed by atoms with Crippen LogP contribution in [-0.4, -0.2) is 4.43 Å². The molecule has 0 heterocycles. The summed E-state index contributed by atoms with van der Waals surface area (Å²) in [5.74, 6) is 0.771. The van der Waals surface area contributed by atoms with Gasteiger partial charge in [-0.3, -0.25) is 0 Å². The molecule has 0 amide bonds. The van der Waals surface area contributed by atoms with Crippen LogP contribution in [0.5, 0.6) is 0 Å². The summed E-state index contributed by atoms with van der Waals surface area (Å²) in [6, 6.07) is 0. The van der Waals surface area contributed by atoms with Crippen molar-refractivity contribution in [1.29, 1.82) is 0 Å². The van der Waals surface area contributed by atoms with E-state index in [-0.39, 0.29) is 0 Å². The average molecular weight is 276 g/mol. The van der Waals surface area contributed by atoms with Crippen LogP contribution in [0.2, 0.25) is 0 Å². The highest BCUT2D eigenvalue weighted by atomic mass is 127. The Bertz CT molecular complexity index is 223. The van der Waals surface area contributed by atoms with Crippen LogP contribution in [0.25, 0.3) is 0 Å². The summed E-state index contributed by atoms with van der Waals surface area (Å²) < 4.78 is 1.24. The van der Waals surface area contributed by atoms with Gasteiger partial charge in [-0.25, -0.2) is 0 Å². The van der Waals surface area contributed by atoms with Crippen molar-refractivity contribution in [1.82, 2.24) is 0 Å².